The molecule has 3 aliphatic rings. The number of carboxylic acids is 1. The summed E-state index contributed by atoms with van der Waals surface area (Å²) >= 11 is 0. The monoisotopic (exact) mass is 408 g/mol. The van der Waals surface area contributed by atoms with Crippen molar-refractivity contribution in [3.05, 3.63) is 71.3 Å². The maximum absolute atomic E-state index is 13.1. The van der Waals surface area contributed by atoms with Gasteiger partial charge in [0.2, 0.25) is 0 Å². The van der Waals surface area contributed by atoms with Gasteiger partial charge in [0.15, 0.2) is 0 Å². The highest BCUT2D eigenvalue weighted by Crippen LogP contribution is 2.30. The Morgan fingerprint density at radius 2 is 1.77 bits per heavy atom. The van der Waals surface area contributed by atoms with Crippen LogP contribution in [0, 0.1) is 5.92 Å². The lowest BCUT2D eigenvalue weighted by atomic mass is 9.86. The number of nitrogens with one attached hydrogen (secondary N) is 1. The van der Waals surface area contributed by atoms with Crippen LogP contribution >= 0.6 is 0 Å². The number of hydrogen-bond donors (Lipinski definition) is 2. The van der Waals surface area contributed by atoms with Crippen molar-refractivity contribution < 1.29 is 19.4 Å². The molecule has 6 nitrogen and oxygen atoms in total. The molecule has 0 saturated carbocycles. The molecule has 2 atom stereocenters. The summed E-state index contributed by atoms with van der Waals surface area (Å²) in [6, 6.07) is 16.0. The average Bonchev–Trinajstić information content (AvgIpc) is 2.78. The van der Waals surface area contributed by atoms with Crippen LogP contribution in [-0.4, -0.2) is 54.2 Å². The first-order valence-electron chi connectivity index (χ1n) is 10.6. The summed E-state index contributed by atoms with van der Waals surface area (Å²) in [4.78, 5) is 26.5. The third-order valence-electron chi connectivity index (χ3n) is 6.20. The van der Waals surface area contributed by atoms with Gasteiger partial charge in [0.25, 0.3) is 0 Å². The average molecular weight is 408 g/mol. The van der Waals surface area contributed by atoms with E-state index in [-0.39, 0.29) is 17.6 Å². The minimum atomic E-state index is -0.931. The van der Waals surface area contributed by atoms with Crippen LogP contribution in [0.4, 0.5) is 0 Å². The van der Waals surface area contributed by atoms with Crippen LogP contribution in [0.5, 0.6) is 0 Å². The van der Waals surface area contributed by atoms with Crippen LogP contribution in [0.1, 0.15) is 40.4 Å². The zero-order valence-electron chi connectivity index (χ0n) is 17.0. The van der Waals surface area contributed by atoms with Crippen molar-refractivity contribution in [2.75, 3.05) is 26.2 Å². The lowest BCUT2D eigenvalue weighted by Gasteiger charge is -2.44. The van der Waals surface area contributed by atoms with Crippen LogP contribution in [0.15, 0.2) is 54.6 Å². The summed E-state index contributed by atoms with van der Waals surface area (Å²) < 4.78 is 5.98. The van der Waals surface area contributed by atoms with Crippen molar-refractivity contribution in [1.29, 1.82) is 0 Å². The van der Waals surface area contributed by atoms with Gasteiger partial charge in [0.05, 0.1) is 5.56 Å². The molecule has 0 radical (unpaired) electrons. The van der Waals surface area contributed by atoms with Crippen molar-refractivity contribution in [2.45, 2.75) is 31.4 Å². The van der Waals surface area contributed by atoms with Gasteiger partial charge in [-0.05, 0) is 61.5 Å². The van der Waals surface area contributed by atoms with Crippen LogP contribution < -0.4 is 5.32 Å². The third-order valence-corrected chi connectivity index (χ3v) is 6.20. The molecule has 30 heavy (non-hydrogen) atoms. The first-order chi connectivity index (χ1) is 14.6. The predicted octanol–water partition coefficient (Wildman–Crippen LogP) is 2.90. The van der Waals surface area contributed by atoms with E-state index in [1.807, 2.05) is 42.5 Å². The van der Waals surface area contributed by atoms with E-state index in [0.29, 0.717) is 18.9 Å². The van der Waals surface area contributed by atoms with E-state index < -0.39 is 12.0 Å². The van der Waals surface area contributed by atoms with Gasteiger partial charge in [0.1, 0.15) is 12.1 Å². The molecule has 1 unspecified atom stereocenters. The molecule has 2 aromatic carbocycles. The molecule has 2 aromatic rings. The molecule has 0 amide bonds. The van der Waals surface area contributed by atoms with Crippen molar-refractivity contribution in [2.24, 2.45) is 5.92 Å². The number of aromatic carboxylic acids is 1. The summed E-state index contributed by atoms with van der Waals surface area (Å²) in [5, 5.41) is 12.4. The number of piperidine rings is 3. The fourth-order valence-corrected chi connectivity index (χ4v) is 4.42. The van der Waals surface area contributed by atoms with E-state index in [2.05, 4.69) is 10.2 Å². The van der Waals surface area contributed by atoms with Gasteiger partial charge < -0.3 is 15.2 Å². The Hall–Kier alpha value is -2.70. The molecule has 3 aliphatic heterocycles. The second-order valence-corrected chi connectivity index (χ2v) is 8.16. The standard InChI is InChI=1S/C24H28N2O4/c27-23(28)20-8-6-17(7-9-20)10-13-25-22(19-4-2-1-3-5-19)24(29)30-21-16-26-14-11-18(21)12-15-26/h1-9,18,21-22,25H,10-16H2,(H,27,28)/t21-,22?/m0/s1. The Morgan fingerprint density at radius 3 is 2.37 bits per heavy atom. The molecule has 0 spiro atoms. The number of carbonyl (C=O) groups excluding carboxylic acids is 1. The van der Waals surface area contributed by atoms with Gasteiger partial charge >= 0.3 is 11.9 Å². The molecule has 3 fully saturated rings. The van der Waals surface area contributed by atoms with E-state index in [1.54, 1.807) is 12.1 Å². The normalized spacial score (nSPS) is 23.7. The first kappa shape index (κ1) is 20.6. The Balaban J connectivity index is 1.38. The first-order valence-corrected chi connectivity index (χ1v) is 10.6. The number of carboxylic acid groups (broad SMARTS) is 1. The Morgan fingerprint density at radius 1 is 1.07 bits per heavy atom. The smallest absolute Gasteiger partial charge is 0.335 e. The maximum atomic E-state index is 13.1. The summed E-state index contributed by atoms with van der Waals surface area (Å²) in [5.74, 6) is -0.677. The summed E-state index contributed by atoms with van der Waals surface area (Å²) in [6.07, 6.45) is 2.88. The minimum absolute atomic E-state index is 0.0171. The fraction of sp³-hybridized carbons (Fsp3) is 0.417. The molecule has 3 heterocycles. The van der Waals surface area contributed by atoms with Crippen LogP contribution in [0.25, 0.3) is 0 Å². The minimum Gasteiger partial charge on any atom is -0.478 e. The molecule has 2 N–H and O–H groups in total. The van der Waals surface area contributed by atoms with Crippen molar-refractivity contribution in [1.82, 2.24) is 10.2 Å². The van der Waals surface area contributed by atoms with Crippen molar-refractivity contribution in [3.63, 3.8) is 0 Å². The predicted molar refractivity (Wildman–Crippen MR) is 113 cm³/mol. The van der Waals surface area contributed by atoms with E-state index in [1.165, 1.54) is 0 Å². The quantitative estimate of drug-likeness (QED) is 0.654. The maximum Gasteiger partial charge on any atom is 0.335 e. The van der Waals surface area contributed by atoms with E-state index in [0.717, 1.165) is 43.6 Å². The zero-order chi connectivity index (χ0) is 20.9. The van der Waals surface area contributed by atoms with Gasteiger partial charge in [-0.1, -0.05) is 42.5 Å². The molecular weight excluding hydrogens is 380 g/mol. The highest BCUT2D eigenvalue weighted by molar-refractivity contribution is 5.87. The Labute approximate surface area is 176 Å². The lowest BCUT2D eigenvalue weighted by molar-refractivity contribution is -0.161. The molecule has 3 saturated heterocycles. The van der Waals surface area contributed by atoms with E-state index >= 15 is 0 Å². The number of benzene rings is 2. The van der Waals surface area contributed by atoms with Crippen molar-refractivity contribution >= 4 is 11.9 Å². The van der Waals surface area contributed by atoms with Crippen LogP contribution in [0.2, 0.25) is 0 Å². The van der Waals surface area contributed by atoms with Gasteiger partial charge in [-0.25, -0.2) is 9.59 Å². The second-order valence-electron chi connectivity index (χ2n) is 8.16. The number of ether oxygens (including phenoxy) is 1. The van der Waals surface area contributed by atoms with E-state index in [9.17, 15) is 9.59 Å². The molecule has 2 bridgehead atoms. The largest absolute Gasteiger partial charge is 0.478 e. The van der Waals surface area contributed by atoms with Crippen LogP contribution in [-0.2, 0) is 16.0 Å². The molecule has 6 heteroatoms. The molecule has 0 aromatic heterocycles. The van der Waals surface area contributed by atoms with Gasteiger partial charge in [-0.15, -0.1) is 0 Å². The number of hydrogen-bond acceptors (Lipinski definition) is 5. The highest BCUT2D eigenvalue weighted by atomic mass is 16.5. The van der Waals surface area contributed by atoms with Gasteiger partial charge in [0, 0.05) is 13.1 Å². The zero-order valence-corrected chi connectivity index (χ0v) is 17.0. The van der Waals surface area contributed by atoms with Gasteiger partial charge in [-0.2, -0.15) is 0 Å². The number of carbonyl (C=O) groups is 2. The summed E-state index contributed by atoms with van der Waals surface area (Å²) in [7, 11) is 0. The molecule has 158 valence electrons. The number of esters is 1. The van der Waals surface area contributed by atoms with Gasteiger partial charge in [-0.3, -0.25) is 4.90 Å². The molecule has 5 rings (SSSR count). The number of fused-ring (bicyclic) bond motifs is 3. The van der Waals surface area contributed by atoms with E-state index in [4.69, 9.17) is 9.84 Å². The number of nitrogens with zero attached hydrogens (tertiary/aromatic N) is 1. The van der Waals surface area contributed by atoms with Crippen LogP contribution in [0.3, 0.4) is 0 Å². The Bertz CT molecular complexity index is 861. The fourth-order valence-electron chi connectivity index (χ4n) is 4.42. The number of rotatable bonds is 8. The topological polar surface area (TPSA) is 78.9 Å². The SMILES string of the molecule is O=C(O)c1ccc(CCNC(C(=O)O[C@H]2CN3CCC2CC3)c2ccccc2)cc1. The van der Waals surface area contributed by atoms with Crippen molar-refractivity contribution in [3.8, 4) is 0 Å². The lowest BCUT2D eigenvalue weighted by Crippen LogP contribution is -2.52. The second kappa shape index (κ2) is 9.41. The Kier molecular flexibility index (Phi) is 6.45. The molecule has 0 aliphatic carbocycles. The third kappa shape index (κ3) is 4.89. The highest BCUT2D eigenvalue weighted by Gasteiger charge is 2.37. The molecular formula is C24H28N2O4. The summed E-state index contributed by atoms with van der Waals surface area (Å²) in [6.45, 7) is 3.65. The summed E-state index contributed by atoms with van der Waals surface area (Å²) in [5.41, 5.74) is 2.19.